The first kappa shape index (κ1) is 14.8. The molecule has 1 aliphatic heterocycles. The third-order valence-electron chi connectivity index (χ3n) is 5.46. The van der Waals surface area contributed by atoms with Gasteiger partial charge in [0, 0.05) is 18.6 Å². The molecule has 116 valence electrons. The van der Waals surface area contributed by atoms with Gasteiger partial charge in [0.2, 0.25) is 0 Å². The minimum Gasteiger partial charge on any atom is -0.366 e. The number of fused-ring (bicyclic) bond motifs is 1. The van der Waals surface area contributed by atoms with Crippen molar-refractivity contribution in [3.8, 4) is 0 Å². The van der Waals surface area contributed by atoms with E-state index >= 15 is 0 Å². The predicted octanol–water partition coefficient (Wildman–Crippen LogP) is 4.27. The molecule has 2 nitrogen and oxygen atoms in total. The van der Waals surface area contributed by atoms with Crippen LogP contribution in [0.4, 0.5) is 10.1 Å². The normalized spacial score (nSPS) is 27.3. The van der Waals surface area contributed by atoms with E-state index in [1.54, 1.807) is 6.07 Å². The molecule has 1 heterocycles. The lowest BCUT2D eigenvalue weighted by molar-refractivity contribution is 0.242. The zero-order valence-corrected chi connectivity index (χ0v) is 13.2. The Balaban J connectivity index is 1.85. The summed E-state index contributed by atoms with van der Waals surface area (Å²) in [6.07, 6.45) is 7.76. The summed E-state index contributed by atoms with van der Waals surface area (Å²) in [7, 11) is 1.91. The van der Waals surface area contributed by atoms with Crippen molar-refractivity contribution < 1.29 is 4.39 Å². The Hall–Kier alpha value is -1.09. The molecular formula is C18H27FN2. The smallest absolute Gasteiger partial charge is 0.146 e. The lowest BCUT2D eigenvalue weighted by Gasteiger charge is -2.45. The first-order chi connectivity index (χ1) is 10.2. The van der Waals surface area contributed by atoms with Gasteiger partial charge >= 0.3 is 0 Å². The fourth-order valence-electron chi connectivity index (χ4n) is 4.12. The van der Waals surface area contributed by atoms with Gasteiger partial charge in [-0.25, -0.2) is 4.39 Å². The monoisotopic (exact) mass is 290 g/mol. The Labute approximate surface area is 127 Å². The molecule has 1 aliphatic carbocycles. The van der Waals surface area contributed by atoms with Crippen molar-refractivity contribution >= 4 is 5.69 Å². The van der Waals surface area contributed by atoms with Crippen molar-refractivity contribution in [1.29, 1.82) is 0 Å². The molecule has 2 fully saturated rings. The molecular weight excluding hydrogens is 263 g/mol. The highest BCUT2D eigenvalue weighted by atomic mass is 19.1. The zero-order valence-electron chi connectivity index (χ0n) is 13.2. The molecule has 0 spiro atoms. The molecule has 1 unspecified atom stereocenters. The molecule has 0 radical (unpaired) electrons. The van der Waals surface area contributed by atoms with Crippen LogP contribution in [0.25, 0.3) is 0 Å². The number of piperidine rings is 1. The molecule has 3 rings (SSSR count). The molecule has 1 N–H and O–H groups in total. The molecule has 1 saturated carbocycles. The number of nitrogens with one attached hydrogen (secondary N) is 1. The maximum Gasteiger partial charge on any atom is 0.146 e. The first-order valence-corrected chi connectivity index (χ1v) is 8.44. The quantitative estimate of drug-likeness (QED) is 0.894. The minimum atomic E-state index is -0.0548. The Kier molecular flexibility index (Phi) is 4.48. The molecule has 21 heavy (non-hydrogen) atoms. The summed E-state index contributed by atoms with van der Waals surface area (Å²) in [5.41, 5.74) is 1.84. The van der Waals surface area contributed by atoms with Crippen molar-refractivity contribution in [3.63, 3.8) is 0 Å². The first-order valence-electron chi connectivity index (χ1n) is 8.44. The maximum absolute atomic E-state index is 14.6. The van der Waals surface area contributed by atoms with E-state index in [0.717, 1.165) is 23.7 Å². The van der Waals surface area contributed by atoms with E-state index in [1.165, 1.54) is 38.5 Å². The second-order valence-corrected chi connectivity index (χ2v) is 6.67. The van der Waals surface area contributed by atoms with E-state index in [0.29, 0.717) is 6.04 Å². The highest BCUT2D eigenvalue weighted by molar-refractivity contribution is 5.51. The highest BCUT2D eigenvalue weighted by Crippen LogP contribution is 2.38. The van der Waals surface area contributed by atoms with Gasteiger partial charge in [0.1, 0.15) is 5.82 Å². The number of nitrogens with zero attached hydrogens (tertiary/aromatic N) is 1. The summed E-state index contributed by atoms with van der Waals surface area (Å²) in [6.45, 7) is 3.07. The van der Waals surface area contributed by atoms with Gasteiger partial charge in [-0.3, -0.25) is 0 Å². The van der Waals surface area contributed by atoms with E-state index in [-0.39, 0.29) is 11.9 Å². The van der Waals surface area contributed by atoms with Gasteiger partial charge in [-0.15, -0.1) is 0 Å². The van der Waals surface area contributed by atoms with Gasteiger partial charge in [-0.1, -0.05) is 18.9 Å². The average molecular weight is 290 g/mol. The van der Waals surface area contributed by atoms with Gasteiger partial charge in [0.15, 0.2) is 0 Å². The van der Waals surface area contributed by atoms with Gasteiger partial charge in [-0.2, -0.15) is 0 Å². The molecule has 1 aromatic rings. The number of halogens is 1. The van der Waals surface area contributed by atoms with Crippen LogP contribution in [0.15, 0.2) is 18.2 Å². The highest BCUT2D eigenvalue weighted by Gasteiger charge is 2.34. The Morgan fingerprint density at radius 1 is 1.19 bits per heavy atom. The van der Waals surface area contributed by atoms with Crippen molar-refractivity contribution in [2.45, 2.75) is 57.5 Å². The molecule has 1 aromatic carbocycles. The van der Waals surface area contributed by atoms with Crippen LogP contribution >= 0.6 is 0 Å². The summed E-state index contributed by atoms with van der Waals surface area (Å²) in [6, 6.07) is 6.54. The zero-order chi connectivity index (χ0) is 14.8. The van der Waals surface area contributed by atoms with Crippen LogP contribution in [0.2, 0.25) is 0 Å². The molecule has 0 aromatic heterocycles. The van der Waals surface area contributed by atoms with Crippen LogP contribution in [0.3, 0.4) is 0 Å². The SMILES string of the molecule is CNC(C)c1ccc(N2CCC[C@H]3CCCC[C@H]32)c(F)c1. The summed E-state index contributed by atoms with van der Waals surface area (Å²) in [5.74, 6) is 0.726. The fourth-order valence-corrected chi connectivity index (χ4v) is 4.12. The largest absolute Gasteiger partial charge is 0.366 e. The minimum absolute atomic E-state index is 0.0548. The van der Waals surface area contributed by atoms with E-state index in [2.05, 4.69) is 23.2 Å². The van der Waals surface area contributed by atoms with Gasteiger partial charge in [-0.05, 0) is 63.3 Å². The Morgan fingerprint density at radius 2 is 1.95 bits per heavy atom. The molecule has 3 heteroatoms. The summed E-state index contributed by atoms with van der Waals surface area (Å²) >= 11 is 0. The third-order valence-corrected chi connectivity index (χ3v) is 5.46. The van der Waals surface area contributed by atoms with Crippen LogP contribution in [0.1, 0.15) is 57.1 Å². The van der Waals surface area contributed by atoms with Crippen molar-refractivity contribution in [2.75, 3.05) is 18.5 Å². The van der Waals surface area contributed by atoms with Crippen molar-refractivity contribution in [1.82, 2.24) is 5.32 Å². The molecule has 1 saturated heterocycles. The number of hydrogen-bond acceptors (Lipinski definition) is 2. The summed E-state index contributed by atoms with van der Waals surface area (Å²) in [5, 5.41) is 3.17. The average Bonchev–Trinajstić information content (AvgIpc) is 2.53. The van der Waals surface area contributed by atoms with Crippen molar-refractivity contribution in [2.24, 2.45) is 5.92 Å². The second-order valence-electron chi connectivity index (χ2n) is 6.67. The van der Waals surface area contributed by atoms with Crippen LogP contribution in [-0.2, 0) is 0 Å². The van der Waals surface area contributed by atoms with E-state index < -0.39 is 0 Å². The Bertz CT molecular complexity index is 486. The van der Waals surface area contributed by atoms with Crippen molar-refractivity contribution in [3.05, 3.63) is 29.6 Å². The topological polar surface area (TPSA) is 15.3 Å². The second kappa shape index (κ2) is 6.35. The lowest BCUT2D eigenvalue weighted by atomic mass is 9.78. The predicted molar refractivity (Wildman–Crippen MR) is 86.2 cm³/mol. The Morgan fingerprint density at radius 3 is 2.71 bits per heavy atom. The molecule has 3 atom stereocenters. The number of anilines is 1. The fraction of sp³-hybridized carbons (Fsp3) is 0.667. The van der Waals surface area contributed by atoms with Crippen LogP contribution < -0.4 is 10.2 Å². The van der Waals surface area contributed by atoms with E-state index in [1.807, 2.05) is 13.1 Å². The van der Waals surface area contributed by atoms with Gasteiger partial charge < -0.3 is 10.2 Å². The van der Waals surface area contributed by atoms with Gasteiger partial charge in [0.25, 0.3) is 0 Å². The molecule has 0 bridgehead atoms. The number of rotatable bonds is 3. The van der Waals surface area contributed by atoms with E-state index in [9.17, 15) is 4.39 Å². The molecule has 2 aliphatic rings. The van der Waals surface area contributed by atoms with Crippen LogP contribution in [0, 0.1) is 11.7 Å². The third kappa shape index (κ3) is 2.94. The number of benzene rings is 1. The van der Waals surface area contributed by atoms with Gasteiger partial charge in [0.05, 0.1) is 5.69 Å². The standard InChI is InChI=1S/C18H27FN2/c1-13(20-2)15-9-10-18(16(19)12-15)21-11-5-7-14-6-3-4-8-17(14)21/h9-10,12-14,17,20H,3-8,11H2,1-2H3/t13?,14-,17-/m1/s1. The van der Waals surface area contributed by atoms with E-state index in [4.69, 9.17) is 0 Å². The van der Waals surface area contributed by atoms with Crippen LogP contribution in [-0.4, -0.2) is 19.6 Å². The summed E-state index contributed by atoms with van der Waals surface area (Å²) < 4.78 is 14.6. The maximum atomic E-state index is 14.6. The molecule has 0 amide bonds. The summed E-state index contributed by atoms with van der Waals surface area (Å²) in [4.78, 5) is 2.36. The number of hydrogen-bond donors (Lipinski definition) is 1. The lowest BCUT2D eigenvalue weighted by Crippen LogP contribution is -2.47. The van der Waals surface area contributed by atoms with Crippen LogP contribution in [0.5, 0.6) is 0 Å².